The minimum Gasteiger partial charge on any atom is -0.496 e. The Morgan fingerprint density at radius 3 is 2.47 bits per heavy atom. The third-order valence-corrected chi connectivity index (χ3v) is 2.96. The first-order chi connectivity index (χ1) is 9.19. The minimum absolute atomic E-state index is 0.615. The molecule has 0 saturated heterocycles. The molecule has 2 N–H and O–H groups in total. The molecule has 2 aromatic rings. The van der Waals surface area contributed by atoms with Gasteiger partial charge in [0.15, 0.2) is 0 Å². The van der Waals surface area contributed by atoms with Crippen LogP contribution in [0.3, 0.4) is 0 Å². The van der Waals surface area contributed by atoms with Gasteiger partial charge < -0.3 is 15.2 Å². The zero-order chi connectivity index (χ0) is 13.7. The fourth-order valence-electron chi connectivity index (χ4n) is 1.95. The Balaban J connectivity index is 1.95. The maximum atomic E-state index is 5.69. The van der Waals surface area contributed by atoms with Gasteiger partial charge in [0.25, 0.3) is 0 Å². The van der Waals surface area contributed by atoms with Crippen LogP contribution < -0.4 is 15.2 Å². The molecule has 0 spiro atoms. The molecule has 0 unspecified atom stereocenters. The van der Waals surface area contributed by atoms with Crippen LogP contribution >= 0.6 is 0 Å². The van der Waals surface area contributed by atoms with Crippen LogP contribution in [-0.2, 0) is 6.42 Å². The Morgan fingerprint density at radius 2 is 1.79 bits per heavy atom. The summed E-state index contributed by atoms with van der Waals surface area (Å²) in [7, 11) is 1.69. The van der Waals surface area contributed by atoms with Gasteiger partial charge in [0, 0.05) is 12.1 Å². The third kappa shape index (κ3) is 3.65. The van der Waals surface area contributed by atoms with Crippen molar-refractivity contribution in [1.82, 2.24) is 0 Å². The van der Waals surface area contributed by atoms with Crippen LogP contribution in [-0.4, -0.2) is 13.7 Å². The van der Waals surface area contributed by atoms with Crippen molar-refractivity contribution in [2.45, 2.75) is 13.3 Å². The smallest absolute Gasteiger partial charge is 0.122 e. The summed E-state index contributed by atoms with van der Waals surface area (Å²) in [6.07, 6.45) is 0.815. The zero-order valence-electron chi connectivity index (χ0n) is 11.3. The van der Waals surface area contributed by atoms with Crippen LogP contribution in [0.25, 0.3) is 0 Å². The van der Waals surface area contributed by atoms with E-state index in [-0.39, 0.29) is 0 Å². The van der Waals surface area contributed by atoms with Crippen LogP contribution in [0.1, 0.15) is 11.1 Å². The van der Waals surface area contributed by atoms with E-state index in [4.69, 9.17) is 15.2 Å². The van der Waals surface area contributed by atoms with E-state index >= 15 is 0 Å². The summed E-state index contributed by atoms with van der Waals surface area (Å²) in [5.74, 6) is 1.74. The standard InChI is InChI=1S/C16H19NO2/c1-12-3-8-16(18-2)13(11-12)9-10-19-15-6-4-14(17)5-7-15/h3-8,11H,9-10,17H2,1-2H3. The largest absolute Gasteiger partial charge is 0.496 e. The van der Waals surface area contributed by atoms with Gasteiger partial charge in [-0.2, -0.15) is 0 Å². The molecule has 2 aromatic carbocycles. The molecule has 100 valence electrons. The fourth-order valence-corrected chi connectivity index (χ4v) is 1.95. The molecule has 0 aromatic heterocycles. The Morgan fingerprint density at radius 1 is 1.05 bits per heavy atom. The molecule has 0 heterocycles. The Hall–Kier alpha value is -2.16. The predicted molar refractivity (Wildman–Crippen MR) is 77.8 cm³/mol. The van der Waals surface area contributed by atoms with Gasteiger partial charge in [-0.15, -0.1) is 0 Å². The summed E-state index contributed by atoms with van der Waals surface area (Å²) in [6, 6.07) is 13.6. The molecule has 3 heteroatoms. The average molecular weight is 257 g/mol. The quantitative estimate of drug-likeness (QED) is 0.836. The molecule has 3 nitrogen and oxygen atoms in total. The topological polar surface area (TPSA) is 44.5 Å². The van der Waals surface area contributed by atoms with Gasteiger partial charge >= 0.3 is 0 Å². The molecular weight excluding hydrogens is 238 g/mol. The third-order valence-electron chi connectivity index (χ3n) is 2.96. The van der Waals surface area contributed by atoms with Gasteiger partial charge in [-0.1, -0.05) is 17.7 Å². The number of anilines is 1. The Kier molecular flexibility index (Phi) is 4.29. The molecule has 0 aliphatic rings. The van der Waals surface area contributed by atoms with Crippen LogP contribution in [0, 0.1) is 6.92 Å². The SMILES string of the molecule is COc1ccc(C)cc1CCOc1ccc(N)cc1. The lowest BCUT2D eigenvalue weighted by Crippen LogP contribution is -2.03. The predicted octanol–water partition coefficient (Wildman–Crippen LogP) is 3.21. The first-order valence-electron chi connectivity index (χ1n) is 6.31. The van der Waals surface area contributed by atoms with Crippen molar-refractivity contribution in [1.29, 1.82) is 0 Å². The van der Waals surface area contributed by atoms with Crippen molar-refractivity contribution in [3.63, 3.8) is 0 Å². The molecule has 0 aliphatic heterocycles. The number of methoxy groups -OCH3 is 1. The van der Waals surface area contributed by atoms with E-state index in [0.717, 1.165) is 29.2 Å². The van der Waals surface area contributed by atoms with E-state index in [1.165, 1.54) is 5.56 Å². The highest BCUT2D eigenvalue weighted by atomic mass is 16.5. The zero-order valence-corrected chi connectivity index (χ0v) is 11.3. The average Bonchev–Trinajstić information content (AvgIpc) is 2.41. The lowest BCUT2D eigenvalue weighted by atomic mass is 10.1. The minimum atomic E-state index is 0.615. The Bertz CT molecular complexity index is 535. The summed E-state index contributed by atoms with van der Waals surface area (Å²) in [4.78, 5) is 0. The number of ether oxygens (including phenoxy) is 2. The molecular formula is C16H19NO2. The normalized spacial score (nSPS) is 10.2. The van der Waals surface area contributed by atoms with E-state index < -0.39 is 0 Å². The molecule has 2 rings (SSSR count). The fraction of sp³-hybridized carbons (Fsp3) is 0.250. The number of hydrogen-bond donors (Lipinski definition) is 1. The van der Waals surface area contributed by atoms with E-state index in [1.807, 2.05) is 36.4 Å². The molecule has 19 heavy (non-hydrogen) atoms. The number of nitrogen functional groups attached to an aromatic ring is 1. The van der Waals surface area contributed by atoms with Gasteiger partial charge in [-0.05, 0) is 42.8 Å². The summed E-state index contributed by atoms with van der Waals surface area (Å²) >= 11 is 0. The highest BCUT2D eigenvalue weighted by molar-refractivity contribution is 5.41. The molecule has 0 saturated carbocycles. The second-order valence-electron chi connectivity index (χ2n) is 4.48. The molecule has 0 atom stereocenters. The van der Waals surface area contributed by atoms with E-state index in [2.05, 4.69) is 13.0 Å². The lowest BCUT2D eigenvalue weighted by Gasteiger charge is -2.10. The van der Waals surface area contributed by atoms with Crippen LogP contribution in [0.2, 0.25) is 0 Å². The first-order valence-corrected chi connectivity index (χ1v) is 6.31. The number of nitrogens with two attached hydrogens (primary N) is 1. The maximum Gasteiger partial charge on any atom is 0.122 e. The van der Waals surface area contributed by atoms with Crippen molar-refractivity contribution in [2.24, 2.45) is 0 Å². The van der Waals surface area contributed by atoms with Gasteiger partial charge in [-0.25, -0.2) is 0 Å². The van der Waals surface area contributed by atoms with Gasteiger partial charge in [0.05, 0.1) is 13.7 Å². The van der Waals surface area contributed by atoms with Crippen molar-refractivity contribution in [3.05, 3.63) is 53.6 Å². The van der Waals surface area contributed by atoms with E-state index in [0.29, 0.717) is 6.61 Å². The van der Waals surface area contributed by atoms with E-state index in [1.54, 1.807) is 7.11 Å². The van der Waals surface area contributed by atoms with Gasteiger partial charge in [0.1, 0.15) is 11.5 Å². The van der Waals surface area contributed by atoms with Crippen LogP contribution in [0.15, 0.2) is 42.5 Å². The van der Waals surface area contributed by atoms with Gasteiger partial charge in [-0.3, -0.25) is 0 Å². The van der Waals surface area contributed by atoms with Crippen LogP contribution in [0.5, 0.6) is 11.5 Å². The van der Waals surface area contributed by atoms with Gasteiger partial charge in [0.2, 0.25) is 0 Å². The lowest BCUT2D eigenvalue weighted by molar-refractivity contribution is 0.318. The highest BCUT2D eigenvalue weighted by Crippen LogP contribution is 2.21. The second kappa shape index (κ2) is 6.14. The first kappa shape index (κ1) is 13.3. The van der Waals surface area contributed by atoms with Crippen molar-refractivity contribution >= 4 is 5.69 Å². The van der Waals surface area contributed by atoms with E-state index in [9.17, 15) is 0 Å². The summed E-state index contributed by atoms with van der Waals surface area (Å²) in [5, 5.41) is 0. The number of rotatable bonds is 5. The molecule has 0 radical (unpaired) electrons. The summed E-state index contributed by atoms with van der Waals surface area (Å²) in [6.45, 7) is 2.69. The van der Waals surface area contributed by atoms with Crippen molar-refractivity contribution in [3.8, 4) is 11.5 Å². The van der Waals surface area contributed by atoms with Crippen LogP contribution in [0.4, 0.5) is 5.69 Å². The molecule has 0 fully saturated rings. The number of aryl methyl sites for hydroxylation is 1. The maximum absolute atomic E-state index is 5.69. The summed E-state index contributed by atoms with van der Waals surface area (Å²) in [5.41, 5.74) is 8.76. The Labute approximate surface area is 114 Å². The highest BCUT2D eigenvalue weighted by Gasteiger charge is 2.03. The molecule has 0 bridgehead atoms. The van der Waals surface area contributed by atoms with Crippen molar-refractivity contribution in [2.75, 3.05) is 19.5 Å². The second-order valence-corrected chi connectivity index (χ2v) is 4.48. The molecule has 0 aliphatic carbocycles. The molecule has 0 amide bonds. The monoisotopic (exact) mass is 257 g/mol. The van der Waals surface area contributed by atoms with Crippen molar-refractivity contribution < 1.29 is 9.47 Å². The summed E-state index contributed by atoms with van der Waals surface area (Å²) < 4.78 is 11.0. The number of hydrogen-bond acceptors (Lipinski definition) is 3. The number of benzene rings is 2.